The van der Waals surface area contributed by atoms with Crippen molar-refractivity contribution in [3.05, 3.63) is 65.1 Å². The third-order valence-electron chi connectivity index (χ3n) is 4.21. The third-order valence-corrected chi connectivity index (χ3v) is 4.21. The molecule has 0 saturated carbocycles. The molecule has 1 aromatic heterocycles. The number of benzene rings is 1. The van der Waals surface area contributed by atoms with Gasteiger partial charge in [-0.1, -0.05) is 30.3 Å². The lowest BCUT2D eigenvalue weighted by Gasteiger charge is -2.28. The van der Waals surface area contributed by atoms with Gasteiger partial charge in [-0.05, 0) is 25.0 Å². The van der Waals surface area contributed by atoms with Gasteiger partial charge < -0.3 is 10.7 Å². The molecule has 4 rings (SSSR count). The maximum absolute atomic E-state index is 6.61. The molecule has 1 unspecified atom stereocenters. The van der Waals surface area contributed by atoms with E-state index in [1.165, 1.54) is 5.56 Å². The maximum Gasteiger partial charge on any atom is 0.222 e. The van der Waals surface area contributed by atoms with Gasteiger partial charge in [-0.25, -0.2) is 4.99 Å². The van der Waals surface area contributed by atoms with Crippen molar-refractivity contribution >= 4 is 11.8 Å². The molecule has 0 saturated heterocycles. The minimum atomic E-state index is -1.09. The van der Waals surface area contributed by atoms with Gasteiger partial charge in [-0.3, -0.25) is 16.3 Å². The SMILES string of the molecule is Cc1cc(C2(N)N=C(NCCc3ccccc3)N=C3NNC=C32)n[nH]1. The summed E-state index contributed by atoms with van der Waals surface area (Å²) in [5, 5.41) is 10.5. The van der Waals surface area contributed by atoms with Crippen LogP contribution in [0.25, 0.3) is 0 Å². The number of aromatic amines is 1. The molecule has 2 aliphatic rings. The Labute approximate surface area is 145 Å². The molecule has 1 aromatic carbocycles. The molecule has 128 valence electrons. The van der Waals surface area contributed by atoms with Gasteiger partial charge in [0.2, 0.25) is 5.96 Å². The molecule has 2 aromatic rings. The molecule has 3 heterocycles. The van der Waals surface area contributed by atoms with Crippen molar-refractivity contribution in [1.29, 1.82) is 0 Å². The van der Waals surface area contributed by atoms with E-state index in [-0.39, 0.29) is 0 Å². The molecule has 1 atom stereocenters. The largest absolute Gasteiger partial charge is 0.354 e. The standard InChI is InChI=1S/C17H20N8/c1-11-9-14(24-23-11)17(18)13-10-20-25-15(13)21-16(22-17)19-8-7-12-5-3-2-4-6-12/h2-6,9-10H,7-8,18H2,1H3,(H,23,24)(H3,19,20,21,22,25). The van der Waals surface area contributed by atoms with Gasteiger partial charge >= 0.3 is 0 Å². The Bertz CT molecular complexity index is 864. The summed E-state index contributed by atoms with van der Waals surface area (Å²) in [6.07, 6.45) is 2.64. The number of nitrogens with zero attached hydrogens (tertiary/aromatic N) is 3. The zero-order valence-corrected chi connectivity index (χ0v) is 13.9. The number of hydrogen-bond acceptors (Lipinski definition) is 7. The molecule has 6 N–H and O–H groups in total. The predicted molar refractivity (Wildman–Crippen MR) is 96.6 cm³/mol. The quantitative estimate of drug-likeness (QED) is 0.555. The second kappa shape index (κ2) is 6.06. The van der Waals surface area contributed by atoms with Crippen molar-refractivity contribution in [2.45, 2.75) is 19.0 Å². The number of aliphatic imine (C=N–C) groups is 2. The molecular weight excluding hydrogens is 316 g/mol. The lowest BCUT2D eigenvalue weighted by Crippen LogP contribution is -2.47. The van der Waals surface area contributed by atoms with Crippen molar-refractivity contribution in [1.82, 2.24) is 26.4 Å². The molecular formula is C17H20N8. The van der Waals surface area contributed by atoms with Gasteiger partial charge in [0.1, 0.15) is 5.69 Å². The summed E-state index contributed by atoms with van der Waals surface area (Å²) in [5.74, 6) is 1.14. The topological polar surface area (TPSA) is 116 Å². The number of hydrazine groups is 1. The van der Waals surface area contributed by atoms with Gasteiger partial charge in [0.15, 0.2) is 11.5 Å². The Morgan fingerprint density at radius 3 is 2.84 bits per heavy atom. The number of rotatable bonds is 4. The van der Waals surface area contributed by atoms with Crippen molar-refractivity contribution in [2.75, 3.05) is 6.54 Å². The zero-order valence-electron chi connectivity index (χ0n) is 13.9. The van der Waals surface area contributed by atoms with E-state index in [0.717, 1.165) is 17.7 Å². The summed E-state index contributed by atoms with van der Waals surface area (Å²) in [6, 6.07) is 12.2. The molecule has 25 heavy (non-hydrogen) atoms. The number of nitrogens with one attached hydrogen (secondary N) is 4. The normalized spacial score (nSPS) is 21.4. The number of aryl methyl sites for hydroxylation is 1. The number of fused-ring (bicyclic) bond motifs is 1. The Morgan fingerprint density at radius 1 is 1.24 bits per heavy atom. The first-order valence-corrected chi connectivity index (χ1v) is 8.15. The Morgan fingerprint density at radius 2 is 2.08 bits per heavy atom. The molecule has 8 nitrogen and oxygen atoms in total. The molecule has 0 radical (unpaired) electrons. The highest BCUT2D eigenvalue weighted by atomic mass is 15.4. The minimum absolute atomic E-state index is 0.488. The zero-order chi connectivity index (χ0) is 17.3. The van der Waals surface area contributed by atoms with Crippen LogP contribution in [0.5, 0.6) is 0 Å². The summed E-state index contributed by atoms with van der Waals surface area (Å²) in [6.45, 7) is 2.64. The number of guanidine groups is 1. The first kappa shape index (κ1) is 15.4. The summed E-state index contributed by atoms with van der Waals surface area (Å²) >= 11 is 0. The maximum atomic E-state index is 6.61. The van der Waals surface area contributed by atoms with Crippen LogP contribution < -0.4 is 21.9 Å². The van der Waals surface area contributed by atoms with Crippen molar-refractivity contribution in [2.24, 2.45) is 15.7 Å². The fraction of sp³-hybridized carbons (Fsp3) is 0.235. The number of hydrogen-bond donors (Lipinski definition) is 5. The van der Waals surface area contributed by atoms with E-state index in [1.54, 1.807) is 6.20 Å². The molecule has 0 amide bonds. The summed E-state index contributed by atoms with van der Waals surface area (Å²) in [7, 11) is 0. The molecule has 0 aliphatic carbocycles. The highest BCUT2D eigenvalue weighted by molar-refractivity contribution is 6.10. The summed E-state index contributed by atoms with van der Waals surface area (Å²) in [5.41, 5.74) is 15.0. The van der Waals surface area contributed by atoms with E-state index in [2.05, 4.69) is 48.5 Å². The highest BCUT2D eigenvalue weighted by Crippen LogP contribution is 2.31. The van der Waals surface area contributed by atoms with Crippen LogP contribution in [-0.4, -0.2) is 28.5 Å². The van der Waals surface area contributed by atoms with Crippen LogP contribution in [0.15, 0.2) is 58.2 Å². The molecule has 0 spiro atoms. The second-order valence-corrected chi connectivity index (χ2v) is 6.09. The fourth-order valence-electron chi connectivity index (χ4n) is 2.90. The van der Waals surface area contributed by atoms with E-state index in [1.807, 2.05) is 31.2 Å². The first-order valence-electron chi connectivity index (χ1n) is 8.15. The highest BCUT2D eigenvalue weighted by Gasteiger charge is 2.42. The van der Waals surface area contributed by atoms with E-state index >= 15 is 0 Å². The van der Waals surface area contributed by atoms with Crippen LogP contribution in [-0.2, 0) is 12.1 Å². The van der Waals surface area contributed by atoms with Crippen LogP contribution in [0.3, 0.4) is 0 Å². The second-order valence-electron chi connectivity index (χ2n) is 6.09. The average molecular weight is 336 g/mol. The number of aromatic nitrogens is 2. The Kier molecular flexibility index (Phi) is 3.73. The average Bonchev–Trinajstić information content (AvgIpc) is 3.25. The Hall–Kier alpha value is -3.13. The molecule has 2 aliphatic heterocycles. The van der Waals surface area contributed by atoms with Gasteiger partial charge in [-0.15, -0.1) is 0 Å². The van der Waals surface area contributed by atoms with Gasteiger partial charge in [0.25, 0.3) is 0 Å². The molecule has 8 heteroatoms. The van der Waals surface area contributed by atoms with Crippen LogP contribution in [0, 0.1) is 6.92 Å². The third kappa shape index (κ3) is 2.87. The number of H-pyrrole nitrogens is 1. The van der Waals surface area contributed by atoms with E-state index < -0.39 is 5.66 Å². The minimum Gasteiger partial charge on any atom is -0.354 e. The molecule has 0 bridgehead atoms. The van der Waals surface area contributed by atoms with Crippen LogP contribution in [0.2, 0.25) is 0 Å². The Balaban J connectivity index is 1.56. The lowest BCUT2D eigenvalue weighted by atomic mass is 9.96. The lowest BCUT2D eigenvalue weighted by molar-refractivity contribution is 0.545. The van der Waals surface area contributed by atoms with Crippen molar-refractivity contribution < 1.29 is 0 Å². The van der Waals surface area contributed by atoms with Crippen molar-refractivity contribution in [3.8, 4) is 0 Å². The van der Waals surface area contributed by atoms with Gasteiger partial charge in [0, 0.05) is 18.4 Å². The van der Waals surface area contributed by atoms with E-state index in [0.29, 0.717) is 24.0 Å². The fourth-order valence-corrected chi connectivity index (χ4v) is 2.90. The van der Waals surface area contributed by atoms with E-state index in [9.17, 15) is 0 Å². The first-order chi connectivity index (χ1) is 12.1. The smallest absolute Gasteiger partial charge is 0.222 e. The molecule has 0 fully saturated rings. The van der Waals surface area contributed by atoms with Gasteiger partial charge in [-0.2, -0.15) is 10.1 Å². The van der Waals surface area contributed by atoms with Crippen LogP contribution in [0.1, 0.15) is 17.0 Å². The van der Waals surface area contributed by atoms with Crippen LogP contribution >= 0.6 is 0 Å². The number of nitrogens with two attached hydrogens (primary N) is 1. The van der Waals surface area contributed by atoms with Crippen LogP contribution in [0.4, 0.5) is 0 Å². The summed E-state index contributed by atoms with van der Waals surface area (Å²) in [4.78, 5) is 9.13. The monoisotopic (exact) mass is 336 g/mol. The summed E-state index contributed by atoms with van der Waals surface area (Å²) < 4.78 is 0. The number of amidine groups is 1. The van der Waals surface area contributed by atoms with E-state index in [4.69, 9.17) is 5.73 Å². The van der Waals surface area contributed by atoms with Gasteiger partial charge in [0.05, 0.1) is 5.57 Å². The van der Waals surface area contributed by atoms with Crippen molar-refractivity contribution in [3.63, 3.8) is 0 Å². The predicted octanol–water partition coefficient (Wildman–Crippen LogP) is 0.422.